The van der Waals surface area contributed by atoms with Crippen molar-refractivity contribution >= 4 is 5.91 Å². The first-order valence-electron chi connectivity index (χ1n) is 7.28. The van der Waals surface area contributed by atoms with Crippen molar-refractivity contribution in [3.05, 3.63) is 0 Å². The summed E-state index contributed by atoms with van der Waals surface area (Å²) in [6, 6.07) is 0.134. The number of amides is 1. The highest BCUT2D eigenvalue weighted by atomic mass is 16.5. The molecule has 0 radical (unpaired) electrons. The van der Waals surface area contributed by atoms with Gasteiger partial charge >= 0.3 is 0 Å². The normalized spacial score (nSPS) is 29.3. The van der Waals surface area contributed by atoms with Gasteiger partial charge < -0.3 is 15.8 Å². The summed E-state index contributed by atoms with van der Waals surface area (Å²) in [6.45, 7) is 8.35. The van der Waals surface area contributed by atoms with Crippen LogP contribution in [0.4, 0.5) is 0 Å². The van der Waals surface area contributed by atoms with Gasteiger partial charge in [0.05, 0.1) is 12.2 Å². The predicted molar refractivity (Wildman–Crippen MR) is 74.8 cm³/mol. The van der Waals surface area contributed by atoms with Gasteiger partial charge in [-0.15, -0.1) is 0 Å². The minimum Gasteiger partial charge on any atom is -0.372 e. The van der Waals surface area contributed by atoms with Crippen LogP contribution in [0.5, 0.6) is 0 Å². The zero-order valence-corrected chi connectivity index (χ0v) is 12.3. The van der Waals surface area contributed by atoms with Gasteiger partial charge in [0.15, 0.2) is 0 Å². The Labute approximate surface area is 115 Å². The summed E-state index contributed by atoms with van der Waals surface area (Å²) in [5, 5.41) is 3.01. The fraction of sp³-hybridized carbons (Fsp3) is 0.929. The molecule has 3 atom stereocenters. The van der Waals surface area contributed by atoms with E-state index in [0.717, 1.165) is 25.9 Å². The van der Waals surface area contributed by atoms with Crippen molar-refractivity contribution in [1.82, 2.24) is 10.2 Å². The average molecular weight is 269 g/mol. The molecular formula is C14H27N3O2. The first-order chi connectivity index (χ1) is 8.87. The maximum absolute atomic E-state index is 12.0. The third kappa shape index (κ3) is 4.16. The van der Waals surface area contributed by atoms with E-state index < -0.39 is 0 Å². The number of hydrogen-bond donors (Lipinski definition) is 2. The quantitative estimate of drug-likeness (QED) is 0.779. The summed E-state index contributed by atoms with van der Waals surface area (Å²) in [6.07, 6.45) is 3.46. The van der Waals surface area contributed by atoms with Crippen LogP contribution >= 0.6 is 0 Å². The van der Waals surface area contributed by atoms with E-state index in [1.54, 1.807) is 0 Å². The molecule has 5 heteroatoms. The number of ether oxygens (including phenoxy) is 1. The maximum atomic E-state index is 12.0. The predicted octanol–water partition coefficient (Wildman–Crippen LogP) is 0.482. The first-order valence-corrected chi connectivity index (χ1v) is 7.28. The van der Waals surface area contributed by atoms with Crippen LogP contribution in [0.2, 0.25) is 0 Å². The molecule has 0 saturated carbocycles. The van der Waals surface area contributed by atoms with E-state index in [9.17, 15) is 4.79 Å². The number of morpholine rings is 1. The van der Waals surface area contributed by atoms with Gasteiger partial charge in [0, 0.05) is 37.6 Å². The lowest BCUT2D eigenvalue weighted by molar-refractivity contribution is -0.124. The molecule has 19 heavy (non-hydrogen) atoms. The van der Waals surface area contributed by atoms with Crippen molar-refractivity contribution in [2.24, 2.45) is 5.73 Å². The Balaban J connectivity index is 1.88. The number of nitrogens with zero attached hydrogens (tertiary/aromatic N) is 1. The molecule has 0 aliphatic carbocycles. The second-order valence-electron chi connectivity index (χ2n) is 6.80. The molecule has 0 aromatic carbocycles. The molecule has 5 nitrogen and oxygen atoms in total. The van der Waals surface area contributed by atoms with Crippen LogP contribution in [0.25, 0.3) is 0 Å². The number of carbonyl (C=O) groups is 1. The molecule has 2 rings (SSSR count). The molecule has 2 aliphatic rings. The monoisotopic (exact) mass is 269 g/mol. The SMILES string of the molecule is CC(C)(C)NC(=O)CC(CN)N1CC2CCC(C1)O2. The van der Waals surface area contributed by atoms with Gasteiger partial charge in [0.2, 0.25) is 5.91 Å². The summed E-state index contributed by atoms with van der Waals surface area (Å²) in [4.78, 5) is 14.4. The van der Waals surface area contributed by atoms with E-state index in [0.29, 0.717) is 25.2 Å². The minimum atomic E-state index is -0.180. The van der Waals surface area contributed by atoms with Gasteiger partial charge in [-0.2, -0.15) is 0 Å². The van der Waals surface area contributed by atoms with Crippen LogP contribution in [0, 0.1) is 0 Å². The van der Waals surface area contributed by atoms with Crippen molar-refractivity contribution in [3.8, 4) is 0 Å². The minimum absolute atomic E-state index is 0.0850. The van der Waals surface area contributed by atoms with Crippen molar-refractivity contribution < 1.29 is 9.53 Å². The Morgan fingerprint density at radius 1 is 1.37 bits per heavy atom. The van der Waals surface area contributed by atoms with Gasteiger partial charge in [-0.3, -0.25) is 9.69 Å². The summed E-state index contributed by atoms with van der Waals surface area (Å²) in [7, 11) is 0. The van der Waals surface area contributed by atoms with Crippen molar-refractivity contribution in [2.75, 3.05) is 19.6 Å². The largest absolute Gasteiger partial charge is 0.372 e. The number of fused-ring (bicyclic) bond motifs is 2. The Morgan fingerprint density at radius 3 is 2.42 bits per heavy atom. The third-order valence-electron chi connectivity index (χ3n) is 3.80. The van der Waals surface area contributed by atoms with Crippen LogP contribution in [0.15, 0.2) is 0 Å². The molecule has 2 saturated heterocycles. The van der Waals surface area contributed by atoms with Crippen LogP contribution < -0.4 is 11.1 Å². The molecule has 3 N–H and O–H groups in total. The molecule has 110 valence electrons. The zero-order valence-electron chi connectivity index (χ0n) is 12.3. The molecule has 0 spiro atoms. The van der Waals surface area contributed by atoms with E-state index in [-0.39, 0.29) is 17.5 Å². The van der Waals surface area contributed by atoms with Crippen LogP contribution in [0.1, 0.15) is 40.0 Å². The van der Waals surface area contributed by atoms with Crippen molar-refractivity contribution in [1.29, 1.82) is 0 Å². The van der Waals surface area contributed by atoms with E-state index in [1.165, 1.54) is 0 Å². The summed E-state index contributed by atoms with van der Waals surface area (Å²) in [5.41, 5.74) is 5.68. The van der Waals surface area contributed by atoms with Crippen LogP contribution in [-0.2, 0) is 9.53 Å². The molecule has 2 heterocycles. The number of likely N-dealkylation sites (tertiary alicyclic amines) is 1. The van der Waals surface area contributed by atoms with Gasteiger partial charge in [-0.1, -0.05) is 0 Å². The lowest BCUT2D eigenvalue weighted by Gasteiger charge is -2.37. The highest BCUT2D eigenvalue weighted by molar-refractivity contribution is 5.77. The summed E-state index contributed by atoms with van der Waals surface area (Å²) >= 11 is 0. The molecule has 0 aromatic rings. The lowest BCUT2D eigenvalue weighted by atomic mass is 10.1. The highest BCUT2D eigenvalue weighted by Crippen LogP contribution is 2.27. The maximum Gasteiger partial charge on any atom is 0.222 e. The van der Waals surface area contributed by atoms with Gasteiger partial charge in [0.25, 0.3) is 0 Å². The molecule has 2 aliphatic heterocycles. The van der Waals surface area contributed by atoms with Gasteiger partial charge in [-0.25, -0.2) is 0 Å². The number of carbonyl (C=O) groups excluding carboxylic acids is 1. The Hall–Kier alpha value is -0.650. The zero-order chi connectivity index (χ0) is 14.0. The molecular weight excluding hydrogens is 242 g/mol. The van der Waals surface area contributed by atoms with E-state index in [1.807, 2.05) is 20.8 Å². The third-order valence-corrected chi connectivity index (χ3v) is 3.80. The second kappa shape index (κ2) is 5.77. The molecule has 1 amide bonds. The Morgan fingerprint density at radius 2 is 1.95 bits per heavy atom. The van der Waals surface area contributed by atoms with Crippen LogP contribution in [0.3, 0.4) is 0 Å². The van der Waals surface area contributed by atoms with E-state index in [2.05, 4.69) is 10.2 Å². The topological polar surface area (TPSA) is 67.6 Å². The standard InChI is InChI=1S/C14H27N3O2/c1-14(2,3)16-13(18)6-10(7-15)17-8-11-4-5-12(9-17)19-11/h10-12H,4-9,15H2,1-3H3,(H,16,18). The van der Waals surface area contributed by atoms with Crippen molar-refractivity contribution in [2.45, 2.75) is 63.8 Å². The molecule has 2 fully saturated rings. The van der Waals surface area contributed by atoms with Gasteiger partial charge in [-0.05, 0) is 33.6 Å². The Kier molecular flexibility index (Phi) is 4.48. The fourth-order valence-corrected chi connectivity index (χ4v) is 2.99. The Bertz CT molecular complexity index is 315. The van der Waals surface area contributed by atoms with E-state index in [4.69, 9.17) is 10.5 Å². The smallest absolute Gasteiger partial charge is 0.222 e. The van der Waals surface area contributed by atoms with Gasteiger partial charge in [0.1, 0.15) is 0 Å². The molecule has 2 bridgehead atoms. The molecule has 3 unspecified atom stereocenters. The van der Waals surface area contributed by atoms with Crippen LogP contribution in [-0.4, -0.2) is 54.2 Å². The first kappa shape index (κ1) is 14.8. The number of nitrogens with two attached hydrogens (primary N) is 1. The number of nitrogens with one attached hydrogen (secondary N) is 1. The van der Waals surface area contributed by atoms with E-state index >= 15 is 0 Å². The average Bonchev–Trinajstić information content (AvgIpc) is 2.63. The number of rotatable bonds is 4. The summed E-state index contributed by atoms with van der Waals surface area (Å²) in [5.74, 6) is 0.0850. The van der Waals surface area contributed by atoms with Crippen molar-refractivity contribution in [3.63, 3.8) is 0 Å². The summed E-state index contributed by atoms with van der Waals surface area (Å²) < 4.78 is 5.82. The number of hydrogen-bond acceptors (Lipinski definition) is 4. The highest BCUT2D eigenvalue weighted by Gasteiger charge is 2.36. The molecule has 0 aromatic heterocycles. The lowest BCUT2D eigenvalue weighted by Crippen LogP contribution is -2.53. The second-order valence-corrected chi connectivity index (χ2v) is 6.80. The fourth-order valence-electron chi connectivity index (χ4n) is 2.99.